The molecular weight excluding hydrogens is 230 g/mol. The Morgan fingerprint density at radius 2 is 1.31 bits per heavy atom. The highest BCUT2D eigenvalue weighted by Crippen LogP contribution is 2.33. The molecule has 0 spiro atoms. The zero-order chi connectivity index (χ0) is 10.2. The van der Waals surface area contributed by atoms with Crippen LogP contribution in [-0.2, 0) is 5.41 Å². The fourth-order valence-corrected chi connectivity index (χ4v) is 2.21. The summed E-state index contributed by atoms with van der Waals surface area (Å²) in [6, 6.07) is 0. The zero-order valence-corrected chi connectivity index (χ0v) is 9.80. The van der Waals surface area contributed by atoms with Gasteiger partial charge < -0.3 is 0 Å². The normalized spacial score (nSPS) is 11.8. The van der Waals surface area contributed by atoms with E-state index >= 15 is 0 Å². The second-order valence-electron chi connectivity index (χ2n) is 3.70. The molecule has 0 amide bonds. The summed E-state index contributed by atoms with van der Waals surface area (Å²) in [6.45, 7) is 5.95. The maximum atomic E-state index is 5.90. The molecule has 2 nitrogen and oxygen atoms in total. The predicted molar refractivity (Wildman–Crippen MR) is 55.8 cm³/mol. The summed E-state index contributed by atoms with van der Waals surface area (Å²) in [5, 5.41) is 0.706. The van der Waals surface area contributed by atoms with E-state index in [-0.39, 0.29) is 10.7 Å². The Morgan fingerprint density at radius 1 is 0.923 bits per heavy atom. The van der Waals surface area contributed by atoms with Crippen molar-refractivity contribution in [2.24, 2.45) is 0 Å². The van der Waals surface area contributed by atoms with E-state index in [1.54, 1.807) is 0 Å². The Kier molecular flexibility index (Phi) is 3.05. The van der Waals surface area contributed by atoms with Gasteiger partial charge >= 0.3 is 0 Å². The molecule has 1 heterocycles. The van der Waals surface area contributed by atoms with Crippen LogP contribution in [0.15, 0.2) is 0 Å². The molecule has 5 heteroatoms. The van der Waals surface area contributed by atoms with Gasteiger partial charge in [-0.2, -0.15) is 0 Å². The van der Waals surface area contributed by atoms with Gasteiger partial charge in [0, 0.05) is 5.56 Å². The van der Waals surface area contributed by atoms with Gasteiger partial charge in [-0.05, 0) is 17.0 Å². The average Bonchev–Trinajstić information content (AvgIpc) is 1.78. The van der Waals surface area contributed by atoms with Gasteiger partial charge in [0.25, 0.3) is 0 Å². The zero-order valence-electron chi connectivity index (χ0n) is 7.53. The summed E-state index contributed by atoms with van der Waals surface area (Å²) in [7, 11) is 0. The van der Waals surface area contributed by atoms with E-state index < -0.39 is 0 Å². The second kappa shape index (κ2) is 3.60. The third-order valence-electron chi connectivity index (χ3n) is 1.54. The number of hydrogen-bond donors (Lipinski definition) is 0. The highest BCUT2D eigenvalue weighted by molar-refractivity contribution is 6.36. The third-order valence-corrected chi connectivity index (χ3v) is 2.26. The van der Waals surface area contributed by atoms with Gasteiger partial charge in [-0.1, -0.05) is 44.0 Å². The summed E-state index contributed by atoms with van der Waals surface area (Å²) in [4.78, 5) is 7.67. The van der Waals surface area contributed by atoms with Crippen molar-refractivity contribution >= 4 is 34.8 Å². The molecule has 72 valence electrons. The number of aromatic nitrogens is 2. The molecule has 0 saturated carbocycles. The van der Waals surface area contributed by atoms with E-state index in [1.807, 2.05) is 20.8 Å². The second-order valence-corrected chi connectivity index (χ2v) is 4.75. The van der Waals surface area contributed by atoms with Gasteiger partial charge in [0.05, 0.1) is 0 Å². The molecule has 0 bridgehead atoms. The van der Waals surface area contributed by atoms with Gasteiger partial charge in [0.2, 0.25) is 5.28 Å². The standard InChI is InChI=1S/C8H9Cl3N2/c1-8(2,3)4-5(9)12-7(11)13-6(4)10/h1-3H3. The van der Waals surface area contributed by atoms with E-state index in [1.165, 1.54) is 0 Å². The van der Waals surface area contributed by atoms with Crippen LogP contribution in [-0.4, -0.2) is 9.97 Å². The van der Waals surface area contributed by atoms with Crippen molar-refractivity contribution in [3.8, 4) is 0 Å². The van der Waals surface area contributed by atoms with Gasteiger partial charge in [-0.25, -0.2) is 9.97 Å². The molecule has 0 aliphatic rings. The first-order chi connectivity index (χ1) is 5.82. The maximum absolute atomic E-state index is 5.90. The molecule has 1 aromatic rings. The van der Waals surface area contributed by atoms with Crippen LogP contribution in [0.25, 0.3) is 0 Å². The van der Waals surface area contributed by atoms with Gasteiger partial charge in [-0.3, -0.25) is 0 Å². The Bertz CT molecular complexity index is 308. The van der Waals surface area contributed by atoms with Crippen LogP contribution < -0.4 is 0 Å². The minimum atomic E-state index is -0.182. The van der Waals surface area contributed by atoms with E-state index in [0.29, 0.717) is 10.3 Å². The summed E-state index contributed by atoms with van der Waals surface area (Å²) >= 11 is 17.4. The molecule has 0 fully saturated rings. The Labute approximate surface area is 92.2 Å². The first-order valence-electron chi connectivity index (χ1n) is 3.71. The molecule has 0 aromatic carbocycles. The van der Waals surface area contributed by atoms with E-state index in [4.69, 9.17) is 34.8 Å². The van der Waals surface area contributed by atoms with Crippen molar-refractivity contribution in [3.63, 3.8) is 0 Å². The van der Waals surface area contributed by atoms with Crippen molar-refractivity contribution in [2.75, 3.05) is 0 Å². The Hall–Kier alpha value is -0.0500. The molecular formula is C8H9Cl3N2. The Balaban J connectivity index is 3.38. The monoisotopic (exact) mass is 238 g/mol. The van der Waals surface area contributed by atoms with Crippen molar-refractivity contribution in [3.05, 3.63) is 21.2 Å². The Morgan fingerprint density at radius 3 is 1.62 bits per heavy atom. The van der Waals surface area contributed by atoms with E-state index in [0.717, 1.165) is 5.56 Å². The maximum Gasteiger partial charge on any atom is 0.225 e. The SMILES string of the molecule is CC(C)(C)c1c(Cl)nc(Cl)nc1Cl. The molecule has 0 saturated heterocycles. The molecule has 0 N–H and O–H groups in total. The largest absolute Gasteiger partial charge is 0.225 e. The minimum absolute atomic E-state index is 0.0722. The van der Waals surface area contributed by atoms with Crippen molar-refractivity contribution in [2.45, 2.75) is 26.2 Å². The number of rotatable bonds is 0. The van der Waals surface area contributed by atoms with Crippen molar-refractivity contribution in [1.82, 2.24) is 9.97 Å². The number of nitrogens with zero attached hydrogens (tertiary/aromatic N) is 2. The van der Waals surface area contributed by atoms with Crippen LogP contribution in [0.4, 0.5) is 0 Å². The van der Waals surface area contributed by atoms with Crippen LogP contribution in [0.3, 0.4) is 0 Å². The molecule has 1 rings (SSSR count). The van der Waals surface area contributed by atoms with Crippen molar-refractivity contribution < 1.29 is 0 Å². The fourth-order valence-electron chi connectivity index (χ4n) is 1.00. The lowest BCUT2D eigenvalue weighted by Crippen LogP contribution is -2.14. The molecule has 1 aromatic heterocycles. The van der Waals surface area contributed by atoms with Crippen LogP contribution in [0.5, 0.6) is 0 Å². The molecule has 0 unspecified atom stereocenters. The predicted octanol–water partition coefficient (Wildman–Crippen LogP) is 3.73. The summed E-state index contributed by atoms with van der Waals surface area (Å²) < 4.78 is 0. The first-order valence-corrected chi connectivity index (χ1v) is 4.85. The third kappa shape index (κ3) is 2.46. The van der Waals surface area contributed by atoms with Gasteiger partial charge in [-0.15, -0.1) is 0 Å². The van der Waals surface area contributed by atoms with E-state index in [2.05, 4.69) is 9.97 Å². The molecule has 0 aliphatic carbocycles. The van der Waals surface area contributed by atoms with Crippen LogP contribution in [0.2, 0.25) is 15.6 Å². The molecule has 0 atom stereocenters. The molecule has 0 radical (unpaired) electrons. The lowest BCUT2D eigenvalue weighted by molar-refractivity contribution is 0.584. The molecule has 13 heavy (non-hydrogen) atoms. The minimum Gasteiger partial charge on any atom is -0.206 e. The van der Waals surface area contributed by atoms with Gasteiger partial charge in [0.15, 0.2) is 0 Å². The lowest BCUT2D eigenvalue weighted by atomic mass is 9.89. The highest BCUT2D eigenvalue weighted by atomic mass is 35.5. The number of hydrogen-bond acceptors (Lipinski definition) is 2. The summed E-state index contributed by atoms with van der Waals surface area (Å²) in [6.07, 6.45) is 0. The van der Waals surface area contributed by atoms with Crippen LogP contribution in [0, 0.1) is 0 Å². The van der Waals surface area contributed by atoms with Crippen LogP contribution in [0.1, 0.15) is 26.3 Å². The van der Waals surface area contributed by atoms with Crippen LogP contribution >= 0.6 is 34.8 Å². The fraction of sp³-hybridized carbons (Fsp3) is 0.500. The smallest absolute Gasteiger partial charge is 0.206 e. The summed E-state index contributed by atoms with van der Waals surface area (Å²) in [5.74, 6) is 0. The lowest BCUT2D eigenvalue weighted by Gasteiger charge is -2.20. The van der Waals surface area contributed by atoms with E-state index in [9.17, 15) is 0 Å². The number of halogens is 3. The molecule has 0 aliphatic heterocycles. The topological polar surface area (TPSA) is 25.8 Å². The van der Waals surface area contributed by atoms with Crippen molar-refractivity contribution in [1.29, 1.82) is 0 Å². The first kappa shape index (κ1) is 11.0. The highest BCUT2D eigenvalue weighted by Gasteiger charge is 2.23. The average molecular weight is 240 g/mol. The quantitative estimate of drug-likeness (QED) is 0.509. The summed E-state index contributed by atoms with van der Waals surface area (Å²) in [5.41, 5.74) is 0.541. The van der Waals surface area contributed by atoms with Gasteiger partial charge in [0.1, 0.15) is 10.3 Å².